The van der Waals surface area contributed by atoms with Gasteiger partial charge in [0.1, 0.15) is 17.3 Å². The summed E-state index contributed by atoms with van der Waals surface area (Å²) in [6.07, 6.45) is 7.67. The number of hydrogen-bond donors (Lipinski definition) is 3. The number of nitrogens with one attached hydrogen (secondary N) is 2. The van der Waals surface area contributed by atoms with Crippen molar-refractivity contribution in [3.63, 3.8) is 0 Å². The summed E-state index contributed by atoms with van der Waals surface area (Å²) in [5.74, 6) is -1.48. The van der Waals surface area contributed by atoms with Crippen LogP contribution in [0.25, 0.3) is 10.9 Å². The Kier molecular flexibility index (Phi) is 6.23. The lowest BCUT2D eigenvalue weighted by Crippen LogP contribution is -2.58. The molecule has 0 bridgehead atoms. The Morgan fingerprint density at radius 1 is 1.15 bits per heavy atom. The number of aromatic amines is 1. The van der Waals surface area contributed by atoms with Gasteiger partial charge in [0.15, 0.2) is 5.78 Å². The van der Waals surface area contributed by atoms with Gasteiger partial charge in [-0.2, -0.15) is 0 Å². The summed E-state index contributed by atoms with van der Waals surface area (Å²) in [6.45, 7) is 7.95. The van der Waals surface area contributed by atoms with E-state index in [4.69, 9.17) is 4.74 Å². The topological polar surface area (TPSA) is 112 Å². The number of ketones is 2. The average Bonchev–Trinajstić information content (AvgIpc) is 3.31. The van der Waals surface area contributed by atoms with Gasteiger partial charge in [-0.3, -0.25) is 14.4 Å². The molecular formula is C32H38N2O5. The number of fused-ring (bicyclic) bond motifs is 3. The number of rotatable bonds is 2. The molecule has 9 atom stereocenters. The molecular weight excluding hydrogens is 492 g/mol. The minimum Gasteiger partial charge on any atom is -0.385 e. The average molecular weight is 531 g/mol. The van der Waals surface area contributed by atoms with Crippen LogP contribution in [0.5, 0.6) is 0 Å². The minimum absolute atomic E-state index is 0.000298. The number of aromatic nitrogens is 1. The zero-order chi connectivity index (χ0) is 27.7. The molecule has 1 aromatic carbocycles. The fourth-order valence-corrected chi connectivity index (χ4v) is 7.95. The molecule has 3 N–H and O–H groups in total. The van der Waals surface area contributed by atoms with Crippen LogP contribution in [0.2, 0.25) is 0 Å². The van der Waals surface area contributed by atoms with E-state index in [2.05, 4.69) is 30.2 Å². The van der Waals surface area contributed by atoms with Crippen LogP contribution in [0.4, 0.5) is 0 Å². The molecule has 9 unspecified atom stereocenters. The fraction of sp³-hybridized carbons (Fsp3) is 0.531. The van der Waals surface area contributed by atoms with Crippen LogP contribution in [0, 0.1) is 29.1 Å². The second-order valence-electron chi connectivity index (χ2n) is 12.4. The van der Waals surface area contributed by atoms with Crippen LogP contribution in [0.15, 0.2) is 54.3 Å². The van der Waals surface area contributed by atoms with Gasteiger partial charge in [0.25, 0.3) is 0 Å². The lowest BCUT2D eigenvalue weighted by molar-refractivity contribution is -0.148. The van der Waals surface area contributed by atoms with Crippen molar-refractivity contribution in [2.75, 3.05) is 0 Å². The van der Waals surface area contributed by atoms with Crippen LogP contribution >= 0.6 is 0 Å². The highest BCUT2D eigenvalue weighted by molar-refractivity contribution is 6.09. The summed E-state index contributed by atoms with van der Waals surface area (Å²) in [7, 11) is 0. The summed E-state index contributed by atoms with van der Waals surface area (Å²) in [5.41, 5.74) is 0.921. The second kappa shape index (κ2) is 9.27. The Balaban J connectivity index is 1.43. The van der Waals surface area contributed by atoms with Crippen LogP contribution in [0.1, 0.15) is 52.5 Å². The standard InChI is InChI=1S/C32H38N2O5/c1-17-8-7-10-22-29-31(4,39-29)19(3)27-24(15-20-16-33-23-11-6-5-9-21(20)23)34-30(38)32(22,27)26(36)13-12-25(35)28(37)18(2)14-17/h5-7,9-11,14,16-17,19,22,24-25,27,29,33,35H,8,12-13,15H2,1-4H3,(H,34,38)/b10-7+,18-14+. The maximum absolute atomic E-state index is 14.3. The van der Waals surface area contributed by atoms with Gasteiger partial charge in [-0.05, 0) is 62.1 Å². The monoisotopic (exact) mass is 530 g/mol. The number of allylic oxidation sites excluding steroid dienone is 2. The Hall–Kier alpha value is -3.03. The maximum atomic E-state index is 14.3. The predicted octanol–water partition coefficient (Wildman–Crippen LogP) is 4.06. The van der Waals surface area contributed by atoms with Crippen molar-refractivity contribution in [1.82, 2.24) is 10.3 Å². The van der Waals surface area contributed by atoms with Crippen LogP contribution in [-0.2, 0) is 25.5 Å². The second-order valence-corrected chi connectivity index (χ2v) is 12.4. The van der Waals surface area contributed by atoms with Crippen LogP contribution < -0.4 is 5.32 Å². The van der Waals surface area contributed by atoms with Crippen molar-refractivity contribution < 1.29 is 24.2 Å². The van der Waals surface area contributed by atoms with Crippen LogP contribution in [-0.4, -0.2) is 51.4 Å². The molecule has 206 valence electrons. The molecule has 3 heterocycles. The summed E-state index contributed by atoms with van der Waals surface area (Å²) in [5, 5.41) is 15.1. The largest absolute Gasteiger partial charge is 0.385 e. The van der Waals surface area contributed by atoms with E-state index >= 15 is 0 Å². The molecule has 1 spiro atoms. The van der Waals surface area contributed by atoms with Gasteiger partial charge < -0.3 is 20.1 Å². The smallest absolute Gasteiger partial charge is 0.235 e. The highest BCUT2D eigenvalue weighted by atomic mass is 16.6. The molecule has 7 heteroatoms. The summed E-state index contributed by atoms with van der Waals surface area (Å²) < 4.78 is 6.35. The van der Waals surface area contributed by atoms with Crippen molar-refractivity contribution >= 4 is 28.4 Å². The third kappa shape index (κ3) is 3.88. The SMILES string of the molecule is C/C1=C\C(C)C/C=C/C2C3OC3(C)C(C)C3C(Cc4c[nH]c5ccccc45)NC(=O)C23C(=O)CCC(O)C1=O. The van der Waals surface area contributed by atoms with Gasteiger partial charge in [0, 0.05) is 41.4 Å². The number of Topliss-reactive ketones (excluding diaryl/α,β-unsaturated/α-hetero) is 2. The zero-order valence-electron chi connectivity index (χ0n) is 23.1. The van der Waals surface area contributed by atoms with Crippen molar-refractivity contribution in [2.24, 2.45) is 29.1 Å². The third-order valence-electron chi connectivity index (χ3n) is 10.1. The number of hydrogen-bond acceptors (Lipinski definition) is 5. The Labute approximate surface area is 229 Å². The molecule has 2 aliphatic heterocycles. The normalized spacial score (nSPS) is 42.6. The predicted molar refractivity (Wildman–Crippen MR) is 148 cm³/mol. The zero-order valence-corrected chi connectivity index (χ0v) is 23.1. The lowest BCUT2D eigenvalue weighted by Gasteiger charge is -2.46. The first-order chi connectivity index (χ1) is 18.6. The molecule has 1 saturated carbocycles. The number of ether oxygens (including phenoxy) is 1. The van der Waals surface area contributed by atoms with E-state index in [1.54, 1.807) is 6.92 Å². The number of carbonyl (C=O) groups excluding carboxylic acids is 3. The van der Waals surface area contributed by atoms with E-state index in [-0.39, 0.29) is 60.2 Å². The van der Waals surface area contributed by atoms with E-state index in [1.807, 2.05) is 49.5 Å². The summed E-state index contributed by atoms with van der Waals surface area (Å²) >= 11 is 0. The van der Waals surface area contributed by atoms with Gasteiger partial charge in [0.05, 0.1) is 11.7 Å². The number of aliphatic hydroxyl groups excluding tert-OH is 1. The van der Waals surface area contributed by atoms with Crippen molar-refractivity contribution in [1.29, 1.82) is 0 Å². The molecule has 6 rings (SSSR count). The van der Waals surface area contributed by atoms with E-state index in [9.17, 15) is 19.5 Å². The van der Waals surface area contributed by atoms with Gasteiger partial charge in [0.2, 0.25) is 5.91 Å². The Bertz CT molecular complexity index is 1410. The third-order valence-corrected chi connectivity index (χ3v) is 10.1. The van der Waals surface area contributed by atoms with Gasteiger partial charge in [-0.15, -0.1) is 0 Å². The first kappa shape index (κ1) is 26.2. The van der Waals surface area contributed by atoms with E-state index in [0.29, 0.717) is 18.4 Å². The van der Waals surface area contributed by atoms with E-state index in [1.165, 1.54) is 0 Å². The molecule has 39 heavy (non-hydrogen) atoms. The maximum Gasteiger partial charge on any atom is 0.235 e. The molecule has 7 nitrogen and oxygen atoms in total. The Morgan fingerprint density at radius 3 is 2.72 bits per heavy atom. The van der Waals surface area contributed by atoms with Crippen molar-refractivity contribution in [3.8, 4) is 0 Å². The van der Waals surface area contributed by atoms with E-state index in [0.717, 1.165) is 16.5 Å². The highest BCUT2D eigenvalue weighted by Gasteiger charge is 2.78. The van der Waals surface area contributed by atoms with Gasteiger partial charge in [-0.1, -0.05) is 50.3 Å². The van der Waals surface area contributed by atoms with Crippen molar-refractivity contribution in [2.45, 2.75) is 77.2 Å². The minimum atomic E-state index is -1.31. The molecule has 1 aromatic heterocycles. The Morgan fingerprint density at radius 2 is 1.92 bits per heavy atom. The molecule has 2 saturated heterocycles. The number of carbonyl (C=O) groups is 3. The summed E-state index contributed by atoms with van der Waals surface area (Å²) in [6, 6.07) is 7.85. The lowest BCUT2D eigenvalue weighted by atomic mass is 9.51. The number of benzene rings is 1. The van der Waals surface area contributed by atoms with Crippen molar-refractivity contribution in [3.05, 3.63) is 59.8 Å². The van der Waals surface area contributed by atoms with E-state index < -0.39 is 23.0 Å². The number of epoxide rings is 1. The first-order valence-electron chi connectivity index (χ1n) is 14.2. The van der Waals surface area contributed by atoms with Gasteiger partial charge in [-0.25, -0.2) is 0 Å². The molecule has 2 aliphatic carbocycles. The molecule has 1 amide bonds. The number of para-hydroxylation sites is 1. The molecule has 3 fully saturated rings. The number of H-pyrrole nitrogens is 1. The number of aliphatic hydroxyl groups is 1. The molecule has 4 aliphatic rings. The van der Waals surface area contributed by atoms with Gasteiger partial charge >= 0.3 is 0 Å². The first-order valence-corrected chi connectivity index (χ1v) is 14.2. The molecule has 0 radical (unpaired) electrons. The molecule has 2 aromatic rings. The quantitative estimate of drug-likeness (QED) is 0.308. The highest BCUT2D eigenvalue weighted by Crippen LogP contribution is 2.66. The summed E-state index contributed by atoms with van der Waals surface area (Å²) in [4.78, 5) is 44.7. The fourth-order valence-electron chi connectivity index (χ4n) is 7.95. The van der Waals surface area contributed by atoms with Crippen LogP contribution in [0.3, 0.4) is 0 Å². The number of amides is 1.